The molecule has 31 heavy (non-hydrogen) atoms. The zero-order valence-electron chi connectivity index (χ0n) is 18.0. The van der Waals surface area contributed by atoms with Crippen LogP contribution < -0.4 is 15.4 Å². The van der Waals surface area contributed by atoms with Gasteiger partial charge in [-0.15, -0.1) is 0 Å². The summed E-state index contributed by atoms with van der Waals surface area (Å²) in [5, 5.41) is 5.87. The quantitative estimate of drug-likeness (QED) is 0.668. The van der Waals surface area contributed by atoms with E-state index in [-0.39, 0.29) is 19.1 Å². The molecule has 0 radical (unpaired) electrons. The van der Waals surface area contributed by atoms with Crippen molar-refractivity contribution < 1.29 is 18.3 Å². The summed E-state index contributed by atoms with van der Waals surface area (Å²) in [5.41, 5.74) is 1.42. The van der Waals surface area contributed by atoms with Crippen LogP contribution in [0.1, 0.15) is 31.5 Å². The maximum absolute atomic E-state index is 14.6. The van der Waals surface area contributed by atoms with Gasteiger partial charge in [-0.2, -0.15) is 0 Å². The standard InChI is InChI=1S/C23H30F2N4O2/c1-16(2)15-31-20-7-3-17(4-8-20)11-28-23(30)29(22-9-10-26-13-21(22)25)14-19-6-5-18(24)12-27-19/h3-8,12,16,21-22,26H,9-11,13-15H2,1-2H3,(H,28,30)/t21-,22+/m0/s1. The fourth-order valence-electron chi connectivity index (χ4n) is 3.42. The molecule has 1 aliphatic rings. The van der Waals surface area contributed by atoms with Gasteiger partial charge in [-0.25, -0.2) is 13.6 Å². The van der Waals surface area contributed by atoms with Gasteiger partial charge >= 0.3 is 6.03 Å². The minimum absolute atomic E-state index is 0.110. The summed E-state index contributed by atoms with van der Waals surface area (Å²) in [6.45, 7) is 6.05. The first-order valence-corrected chi connectivity index (χ1v) is 10.6. The Hall–Kier alpha value is -2.74. The number of benzene rings is 1. The molecular formula is C23H30F2N4O2. The number of hydrogen-bond donors (Lipinski definition) is 2. The number of carbonyl (C=O) groups excluding carboxylic acids is 1. The first-order chi connectivity index (χ1) is 14.9. The molecule has 2 atom stereocenters. The van der Waals surface area contributed by atoms with E-state index >= 15 is 0 Å². The van der Waals surface area contributed by atoms with Crippen molar-refractivity contribution in [3.05, 3.63) is 59.7 Å². The third-order valence-electron chi connectivity index (χ3n) is 5.11. The molecule has 0 spiro atoms. The molecule has 1 aromatic carbocycles. The van der Waals surface area contributed by atoms with Crippen LogP contribution in [0.2, 0.25) is 0 Å². The van der Waals surface area contributed by atoms with Crippen LogP contribution in [0.5, 0.6) is 5.75 Å². The normalized spacial score (nSPS) is 18.6. The molecule has 1 fully saturated rings. The Bertz CT molecular complexity index is 830. The van der Waals surface area contributed by atoms with E-state index in [1.165, 1.54) is 17.0 Å². The number of carbonyl (C=O) groups is 1. The van der Waals surface area contributed by atoms with Crippen molar-refractivity contribution >= 4 is 6.03 Å². The largest absolute Gasteiger partial charge is 0.493 e. The minimum Gasteiger partial charge on any atom is -0.493 e. The molecule has 2 heterocycles. The maximum atomic E-state index is 14.6. The average molecular weight is 433 g/mol. The van der Waals surface area contributed by atoms with Gasteiger partial charge in [0, 0.05) is 13.1 Å². The van der Waals surface area contributed by atoms with Gasteiger partial charge in [-0.05, 0) is 48.7 Å². The van der Waals surface area contributed by atoms with Crippen LogP contribution in [-0.2, 0) is 13.1 Å². The number of nitrogens with zero attached hydrogens (tertiary/aromatic N) is 2. The van der Waals surface area contributed by atoms with Crippen LogP contribution in [0.3, 0.4) is 0 Å². The maximum Gasteiger partial charge on any atom is 0.318 e. The number of pyridine rings is 1. The highest BCUT2D eigenvalue weighted by atomic mass is 19.1. The number of rotatable bonds is 8. The molecule has 0 saturated carbocycles. The molecule has 1 aromatic heterocycles. The van der Waals surface area contributed by atoms with Gasteiger partial charge in [-0.3, -0.25) is 4.98 Å². The van der Waals surface area contributed by atoms with Gasteiger partial charge in [-0.1, -0.05) is 26.0 Å². The lowest BCUT2D eigenvalue weighted by molar-refractivity contribution is 0.0963. The minimum atomic E-state index is -1.18. The van der Waals surface area contributed by atoms with Gasteiger partial charge < -0.3 is 20.3 Å². The van der Waals surface area contributed by atoms with Crippen molar-refractivity contribution in [1.29, 1.82) is 0 Å². The molecule has 168 valence electrons. The summed E-state index contributed by atoms with van der Waals surface area (Å²) >= 11 is 0. The highest BCUT2D eigenvalue weighted by Crippen LogP contribution is 2.19. The van der Waals surface area contributed by atoms with Crippen LogP contribution in [-0.4, -0.2) is 47.8 Å². The highest BCUT2D eigenvalue weighted by Gasteiger charge is 2.33. The zero-order valence-corrected chi connectivity index (χ0v) is 18.0. The molecule has 3 rings (SSSR count). The third kappa shape index (κ3) is 6.89. The van der Waals surface area contributed by atoms with E-state index in [0.29, 0.717) is 37.7 Å². The number of urea groups is 1. The lowest BCUT2D eigenvalue weighted by Gasteiger charge is -2.36. The number of hydrogen-bond acceptors (Lipinski definition) is 4. The number of halogens is 2. The monoisotopic (exact) mass is 432 g/mol. The Morgan fingerprint density at radius 1 is 1.29 bits per heavy atom. The summed E-state index contributed by atoms with van der Waals surface area (Å²) < 4.78 is 33.5. The van der Waals surface area contributed by atoms with E-state index < -0.39 is 18.0 Å². The van der Waals surface area contributed by atoms with Crippen molar-refractivity contribution in [3.63, 3.8) is 0 Å². The summed E-state index contributed by atoms with van der Waals surface area (Å²) in [7, 11) is 0. The molecule has 2 amide bonds. The average Bonchev–Trinajstić information content (AvgIpc) is 2.77. The van der Waals surface area contributed by atoms with Crippen molar-refractivity contribution in [1.82, 2.24) is 20.5 Å². The first kappa shape index (κ1) is 22.9. The van der Waals surface area contributed by atoms with Crippen LogP contribution >= 0.6 is 0 Å². The predicted octanol–water partition coefficient (Wildman–Crippen LogP) is 3.67. The summed E-state index contributed by atoms with van der Waals surface area (Å²) in [5.74, 6) is 0.767. The Labute approximate surface area is 182 Å². The van der Waals surface area contributed by atoms with Crippen LogP contribution in [0.15, 0.2) is 42.6 Å². The third-order valence-corrected chi connectivity index (χ3v) is 5.11. The van der Waals surface area contributed by atoms with Crippen molar-refractivity contribution in [2.45, 2.75) is 45.6 Å². The number of alkyl halides is 1. The number of ether oxygens (including phenoxy) is 1. The predicted molar refractivity (Wildman–Crippen MR) is 115 cm³/mol. The topological polar surface area (TPSA) is 66.5 Å². The molecule has 0 aliphatic carbocycles. The van der Waals surface area contributed by atoms with E-state index in [0.717, 1.165) is 17.5 Å². The Morgan fingerprint density at radius 3 is 2.71 bits per heavy atom. The van der Waals surface area contributed by atoms with Crippen molar-refractivity contribution in [2.24, 2.45) is 5.92 Å². The Kier molecular flexibility index (Phi) is 8.17. The van der Waals surface area contributed by atoms with Crippen LogP contribution in [0.4, 0.5) is 13.6 Å². The molecule has 8 heteroatoms. The molecule has 1 saturated heterocycles. The number of aromatic nitrogens is 1. The van der Waals surface area contributed by atoms with Crippen molar-refractivity contribution in [3.8, 4) is 5.75 Å². The number of nitrogens with one attached hydrogen (secondary N) is 2. The molecule has 6 nitrogen and oxygen atoms in total. The summed E-state index contributed by atoms with van der Waals surface area (Å²) in [6, 6.07) is 9.38. The van der Waals surface area contributed by atoms with E-state index in [9.17, 15) is 13.6 Å². The SMILES string of the molecule is CC(C)COc1ccc(CNC(=O)N(Cc2ccc(F)cn2)[C@@H]2CCNC[C@@H]2F)cc1. The fraction of sp³-hybridized carbons (Fsp3) is 0.478. The van der Waals surface area contributed by atoms with E-state index in [4.69, 9.17) is 4.74 Å². The molecular weight excluding hydrogens is 402 g/mol. The Balaban J connectivity index is 1.64. The van der Waals surface area contributed by atoms with Gasteiger partial charge in [0.2, 0.25) is 0 Å². The first-order valence-electron chi connectivity index (χ1n) is 10.6. The van der Waals surface area contributed by atoms with Gasteiger partial charge in [0.25, 0.3) is 0 Å². The molecule has 2 N–H and O–H groups in total. The van der Waals surface area contributed by atoms with E-state index in [1.54, 1.807) is 0 Å². The van der Waals surface area contributed by atoms with E-state index in [1.807, 2.05) is 24.3 Å². The van der Waals surface area contributed by atoms with Crippen LogP contribution in [0, 0.1) is 11.7 Å². The lowest BCUT2D eigenvalue weighted by atomic mass is 10.0. The number of amides is 2. The summed E-state index contributed by atoms with van der Waals surface area (Å²) in [4.78, 5) is 18.5. The van der Waals surface area contributed by atoms with Gasteiger partial charge in [0.05, 0.1) is 31.1 Å². The molecule has 2 aromatic rings. The van der Waals surface area contributed by atoms with Crippen LogP contribution in [0.25, 0.3) is 0 Å². The second-order valence-corrected chi connectivity index (χ2v) is 8.18. The fourth-order valence-corrected chi connectivity index (χ4v) is 3.42. The van der Waals surface area contributed by atoms with Gasteiger partial charge in [0.15, 0.2) is 0 Å². The highest BCUT2D eigenvalue weighted by molar-refractivity contribution is 5.74. The summed E-state index contributed by atoms with van der Waals surface area (Å²) in [6.07, 6.45) is 0.416. The number of piperidine rings is 1. The Morgan fingerprint density at radius 2 is 2.06 bits per heavy atom. The smallest absolute Gasteiger partial charge is 0.318 e. The second kappa shape index (κ2) is 11.0. The van der Waals surface area contributed by atoms with Crippen molar-refractivity contribution in [2.75, 3.05) is 19.7 Å². The molecule has 1 aliphatic heterocycles. The second-order valence-electron chi connectivity index (χ2n) is 8.18. The lowest BCUT2D eigenvalue weighted by Crippen LogP contribution is -2.55. The molecule has 0 bridgehead atoms. The molecule has 0 unspecified atom stereocenters. The van der Waals surface area contributed by atoms with Gasteiger partial charge in [0.1, 0.15) is 17.7 Å². The zero-order chi connectivity index (χ0) is 22.2. The van der Waals surface area contributed by atoms with E-state index in [2.05, 4.69) is 29.5 Å².